The third-order valence-corrected chi connectivity index (χ3v) is 11.1. The van der Waals surface area contributed by atoms with E-state index in [0.29, 0.717) is 42.4 Å². The maximum atomic E-state index is 14.0. The third kappa shape index (κ3) is 3.75. The maximum absolute atomic E-state index is 14.0. The summed E-state index contributed by atoms with van der Waals surface area (Å²) in [6, 6.07) is 0. The van der Waals surface area contributed by atoms with Gasteiger partial charge in [-0.05, 0) is 61.5 Å². The molecule has 37 heavy (non-hydrogen) atoms. The fraction of sp³-hybridized carbons (Fsp3) is 0.700. The van der Waals surface area contributed by atoms with E-state index in [1.807, 2.05) is 27.7 Å². The zero-order valence-electron chi connectivity index (χ0n) is 22.9. The molecule has 204 valence electrons. The van der Waals surface area contributed by atoms with E-state index in [9.17, 15) is 29.7 Å². The smallest absolute Gasteiger partial charge is 0.331 e. The number of carboxylic acids is 1. The highest BCUT2D eigenvalue weighted by Gasteiger charge is 2.69. The first-order valence-electron chi connectivity index (χ1n) is 13.4. The average Bonchev–Trinajstić information content (AvgIpc) is 2.99. The Morgan fingerprint density at radius 1 is 1.14 bits per heavy atom. The van der Waals surface area contributed by atoms with Gasteiger partial charge < -0.3 is 20.4 Å². The van der Waals surface area contributed by atoms with E-state index in [-0.39, 0.29) is 41.8 Å². The SMILES string of the molecule is C=C(CC(O)/C=C(/C)C(=O)O)[C@H]1C[C@H](O)[C@@]2(C)C3=C(C(=O)C[C@]12C)[C@@]1(C)CCC(=O)C(C)(C)[C@@H]1C[C@@H]3O. The molecule has 2 saturated carbocycles. The second-order valence-electron chi connectivity index (χ2n) is 13.3. The molecule has 7 nitrogen and oxygen atoms in total. The number of carboxylic acid groups (broad SMARTS) is 1. The van der Waals surface area contributed by atoms with Crippen LogP contribution in [-0.4, -0.2) is 56.3 Å². The van der Waals surface area contributed by atoms with Crippen molar-refractivity contribution in [2.75, 3.05) is 0 Å². The number of Topliss-reactive ketones (excluding diaryl/α,β-unsaturated/α-hetero) is 2. The number of aliphatic hydroxyl groups is 3. The lowest BCUT2D eigenvalue weighted by atomic mass is 9.42. The molecule has 0 radical (unpaired) electrons. The molecule has 7 heteroatoms. The molecule has 0 heterocycles. The molecule has 0 aromatic carbocycles. The number of carbonyl (C=O) groups excluding carboxylic acids is 2. The number of aliphatic hydroxyl groups excluding tert-OH is 3. The molecule has 0 saturated heterocycles. The molecule has 0 spiro atoms. The molecule has 8 atom stereocenters. The number of rotatable bonds is 5. The predicted molar refractivity (Wildman–Crippen MR) is 138 cm³/mol. The van der Waals surface area contributed by atoms with Gasteiger partial charge in [0.25, 0.3) is 0 Å². The van der Waals surface area contributed by atoms with Crippen molar-refractivity contribution in [2.45, 2.75) is 98.4 Å². The minimum Gasteiger partial charge on any atom is -0.478 e. The highest BCUT2D eigenvalue weighted by Crippen LogP contribution is 2.71. The van der Waals surface area contributed by atoms with Crippen LogP contribution in [0.4, 0.5) is 0 Å². The Labute approximate surface area is 219 Å². The predicted octanol–water partition coefficient (Wildman–Crippen LogP) is 3.76. The summed E-state index contributed by atoms with van der Waals surface area (Å²) in [7, 11) is 0. The van der Waals surface area contributed by atoms with E-state index in [4.69, 9.17) is 5.11 Å². The lowest BCUT2D eigenvalue weighted by molar-refractivity contribution is -0.145. The first-order valence-corrected chi connectivity index (χ1v) is 13.4. The number of aliphatic carboxylic acids is 1. The molecule has 1 unspecified atom stereocenters. The summed E-state index contributed by atoms with van der Waals surface area (Å²) in [5.41, 5.74) is -0.915. The summed E-state index contributed by atoms with van der Waals surface area (Å²) in [6.45, 7) is 15.4. The van der Waals surface area contributed by atoms with Crippen LogP contribution in [0.15, 0.2) is 34.9 Å². The van der Waals surface area contributed by atoms with E-state index >= 15 is 0 Å². The van der Waals surface area contributed by atoms with Gasteiger partial charge in [0, 0.05) is 40.2 Å². The van der Waals surface area contributed by atoms with Crippen LogP contribution in [0.1, 0.15) is 80.1 Å². The van der Waals surface area contributed by atoms with E-state index in [1.54, 1.807) is 0 Å². The Morgan fingerprint density at radius 3 is 2.35 bits per heavy atom. The molecule has 0 aliphatic heterocycles. The Balaban J connectivity index is 1.77. The molecular weight excluding hydrogens is 472 g/mol. The van der Waals surface area contributed by atoms with Gasteiger partial charge in [0.1, 0.15) is 5.78 Å². The number of fused-ring (bicyclic) bond motifs is 4. The molecule has 2 fully saturated rings. The van der Waals surface area contributed by atoms with Crippen molar-refractivity contribution in [1.29, 1.82) is 0 Å². The van der Waals surface area contributed by atoms with Crippen molar-refractivity contribution in [1.82, 2.24) is 0 Å². The van der Waals surface area contributed by atoms with Crippen molar-refractivity contribution >= 4 is 17.5 Å². The molecule has 4 aliphatic carbocycles. The third-order valence-electron chi connectivity index (χ3n) is 11.1. The van der Waals surface area contributed by atoms with Gasteiger partial charge in [-0.3, -0.25) is 9.59 Å². The van der Waals surface area contributed by atoms with Gasteiger partial charge >= 0.3 is 5.97 Å². The fourth-order valence-corrected chi connectivity index (χ4v) is 8.73. The lowest BCUT2D eigenvalue weighted by Crippen LogP contribution is -2.60. The summed E-state index contributed by atoms with van der Waals surface area (Å²) in [4.78, 5) is 38.0. The topological polar surface area (TPSA) is 132 Å². The van der Waals surface area contributed by atoms with Crippen molar-refractivity contribution in [2.24, 2.45) is 33.5 Å². The van der Waals surface area contributed by atoms with Gasteiger partial charge in [-0.1, -0.05) is 46.8 Å². The van der Waals surface area contributed by atoms with Crippen molar-refractivity contribution in [3.63, 3.8) is 0 Å². The van der Waals surface area contributed by atoms with E-state index < -0.39 is 45.9 Å². The quantitative estimate of drug-likeness (QED) is 0.324. The van der Waals surface area contributed by atoms with Crippen molar-refractivity contribution in [3.8, 4) is 0 Å². The number of allylic oxidation sites excluding steroid dienone is 1. The summed E-state index contributed by atoms with van der Waals surface area (Å²) in [6.07, 6.45) is 0.384. The van der Waals surface area contributed by atoms with Gasteiger partial charge in [-0.2, -0.15) is 0 Å². The van der Waals surface area contributed by atoms with Crippen LogP contribution in [0.3, 0.4) is 0 Å². The largest absolute Gasteiger partial charge is 0.478 e. The Bertz CT molecular complexity index is 1130. The Hall–Kier alpha value is -2.09. The molecule has 0 aromatic heterocycles. The van der Waals surface area contributed by atoms with Crippen LogP contribution >= 0.6 is 0 Å². The minimum absolute atomic E-state index is 0.0347. The minimum atomic E-state index is -1.11. The molecule has 0 aromatic rings. The summed E-state index contributed by atoms with van der Waals surface area (Å²) < 4.78 is 0. The zero-order chi connectivity index (χ0) is 27.9. The Morgan fingerprint density at radius 2 is 1.76 bits per heavy atom. The number of hydrogen-bond acceptors (Lipinski definition) is 6. The van der Waals surface area contributed by atoms with Crippen LogP contribution in [0.5, 0.6) is 0 Å². The van der Waals surface area contributed by atoms with E-state index in [2.05, 4.69) is 13.5 Å². The number of carbonyl (C=O) groups is 3. The molecule has 0 bridgehead atoms. The van der Waals surface area contributed by atoms with Gasteiger partial charge in [0.05, 0.1) is 18.3 Å². The standard InChI is InChI=1S/C30H42O7/c1-15(10-17(31)11-16(2)26(36)37)18-12-23(35)30(7)25-19(32)13-21-27(3,4)22(34)8-9-28(21,5)24(25)20(33)14-29(18,30)6/h11,17-19,21,23,31-32,35H,1,8-10,12-14H2,2-7H3,(H,36,37)/b16-11-/t17?,18-,19+,21+,23+,28+,29-,30+/m1/s1. The zero-order valence-corrected chi connectivity index (χ0v) is 22.9. The molecular formula is C30H42O7. The molecule has 4 rings (SSSR count). The summed E-state index contributed by atoms with van der Waals surface area (Å²) >= 11 is 0. The molecule has 4 aliphatic rings. The second-order valence-corrected chi connectivity index (χ2v) is 13.3. The van der Waals surface area contributed by atoms with Gasteiger partial charge in [-0.15, -0.1) is 0 Å². The normalized spacial score (nSPS) is 42.1. The first kappa shape index (κ1) is 27.9. The van der Waals surface area contributed by atoms with E-state index in [0.717, 1.165) is 0 Å². The number of hydrogen-bond donors (Lipinski definition) is 4. The highest BCUT2D eigenvalue weighted by atomic mass is 16.4. The second kappa shape index (κ2) is 8.72. The van der Waals surface area contributed by atoms with Crippen LogP contribution in [0, 0.1) is 33.5 Å². The summed E-state index contributed by atoms with van der Waals surface area (Å²) in [5.74, 6) is -1.46. The van der Waals surface area contributed by atoms with Crippen molar-refractivity contribution in [3.05, 3.63) is 34.9 Å². The Kier molecular flexibility index (Phi) is 6.58. The lowest BCUT2D eigenvalue weighted by Gasteiger charge is -2.61. The van der Waals surface area contributed by atoms with Gasteiger partial charge in [0.15, 0.2) is 5.78 Å². The van der Waals surface area contributed by atoms with Crippen LogP contribution in [0.25, 0.3) is 0 Å². The van der Waals surface area contributed by atoms with E-state index in [1.165, 1.54) is 13.0 Å². The van der Waals surface area contributed by atoms with Crippen LogP contribution < -0.4 is 0 Å². The van der Waals surface area contributed by atoms with Gasteiger partial charge in [-0.25, -0.2) is 4.79 Å². The van der Waals surface area contributed by atoms with Crippen LogP contribution in [0.2, 0.25) is 0 Å². The maximum Gasteiger partial charge on any atom is 0.331 e. The monoisotopic (exact) mass is 514 g/mol. The summed E-state index contributed by atoms with van der Waals surface area (Å²) in [5, 5.41) is 42.8. The first-order chi connectivity index (χ1) is 16.9. The fourth-order valence-electron chi connectivity index (χ4n) is 8.73. The average molecular weight is 515 g/mol. The van der Waals surface area contributed by atoms with Gasteiger partial charge in [0.2, 0.25) is 0 Å². The molecule has 0 amide bonds. The van der Waals surface area contributed by atoms with Crippen LogP contribution in [-0.2, 0) is 14.4 Å². The van der Waals surface area contributed by atoms with Crippen molar-refractivity contribution < 1.29 is 34.8 Å². The molecule has 4 N–H and O–H groups in total. The highest BCUT2D eigenvalue weighted by molar-refractivity contribution is 6.01. The number of ketones is 2.